The zero-order valence-electron chi connectivity index (χ0n) is 24.1. The second-order valence-corrected chi connectivity index (χ2v) is 12.1. The average Bonchev–Trinajstić information content (AvgIpc) is 3.47. The maximum Gasteiger partial charge on any atom is 0.0554 e. The van der Waals surface area contributed by atoms with Crippen LogP contribution in [0.1, 0.15) is 0 Å². The highest BCUT2D eigenvalue weighted by molar-refractivity contribution is 7.25. The molecule has 0 unspecified atom stereocenters. The van der Waals surface area contributed by atoms with Crippen LogP contribution in [-0.4, -0.2) is 0 Å². The van der Waals surface area contributed by atoms with E-state index in [4.69, 9.17) is 0 Å². The molecule has 44 heavy (non-hydrogen) atoms. The van der Waals surface area contributed by atoms with E-state index in [9.17, 15) is 0 Å². The van der Waals surface area contributed by atoms with Gasteiger partial charge in [-0.2, -0.15) is 0 Å². The van der Waals surface area contributed by atoms with Crippen LogP contribution in [-0.2, 0) is 0 Å². The normalized spacial score (nSPS) is 11.2. The molecule has 0 aliphatic heterocycles. The third-order valence-electron chi connectivity index (χ3n) is 8.26. The predicted octanol–water partition coefficient (Wildman–Crippen LogP) is 12.5. The number of hydrogen-bond donors (Lipinski definition) is 0. The molecule has 208 valence electrons. The molecular weight excluding hydrogens is 551 g/mol. The van der Waals surface area contributed by atoms with Gasteiger partial charge in [-0.1, -0.05) is 133 Å². The Kier molecular flexibility index (Phi) is 6.75. The second kappa shape index (κ2) is 11.3. The van der Waals surface area contributed by atoms with E-state index in [0.29, 0.717) is 0 Å². The predicted molar refractivity (Wildman–Crippen MR) is 190 cm³/mol. The van der Waals surface area contributed by atoms with Crippen molar-refractivity contribution < 1.29 is 0 Å². The van der Waals surface area contributed by atoms with Crippen LogP contribution < -0.4 is 4.90 Å². The lowest BCUT2D eigenvalue weighted by atomic mass is 9.98. The maximum atomic E-state index is 2.42. The number of nitrogens with zero attached hydrogens (tertiary/aromatic N) is 1. The number of thiophene rings is 1. The van der Waals surface area contributed by atoms with Gasteiger partial charge in [0.05, 0.1) is 5.69 Å². The van der Waals surface area contributed by atoms with Crippen LogP contribution in [0.3, 0.4) is 0 Å². The van der Waals surface area contributed by atoms with Gasteiger partial charge in [0, 0.05) is 37.1 Å². The van der Waals surface area contributed by atoms with Gasteiger partial charge in [-0.05, 0) is 70.3 Å². The highest BCUT2D eigenvalue weighted by Crippen LogP contribution is 2.46. The minimum atomic E-state index is 1.12. The summed E-state index contributed by atoms with van der Waals surface area (Å²) >= 11 is 1.86. The molecule has 0 amide bonds. The van der Waals surface area contributed by atoms with Crippen LogP contribution in [0.4, 0.5) is 17.1 Å². The first kappa shape index (κ1) is 26.2. The monoisotopic (exact) mass is 579 g/mol. The van der Waals surface area contributed by atoms with Crippen molar-refractivity contribution in [2.45, 2.75) is 0 Å². The lowest BCUT2D eigenvalue weighted by Gasteiger charge is -2.29. The van der Waals surface area contributed by atoms with Gasteiger partial charge in [0.15, 0.2) is 0 Å². The fourth-order valence-electron chi connectivity index (χ4n) is 6.11. The van der Waals surface area contributed by atoms with Crippen LogP contribution in [0.15, 0.2) is 176 Å². The summed E-state index contributed by atoms with van der Waals surface area (Å²) in [7, 11) is 0. The summed E-state index contributed by atoms with van der Waals surface area (Å²) in [6.45, 7) is 0. The summed E-state index contributed by atoms with van der Waals surface area (Å²) in [5.74, 6) is 0. The molecule has 1 nitrogen and oxygen atoms in total. The van der Waals surface area contributed by atoms with E-state index < -0.39 is 0 Å². The SMILES string of the molecule is c1ccc(-c2ccc(N(c3cccc(-c4ccccc4)c3)c3cc4sc5ccccc5c4cc3-c3ccccc3)cc2)cc1. The van der Waals surface area contributed by atoms with E-state index in [2.05, 4.69) is 181 Å². The molecule has 1 heterocycles. The van der Waals surface area contributed by atoms with Crippen LogP contribution in [0.2, 0.25) is 0 Å². The molecule has 8 aromatic rings. The molecule has 1 aromatic heterocycles. The van der Waals surface area contributed by atoms with Gasteiger partial charge in [0.2, 0.25) is 0 Å². The standard InChI is InChI=1S/C42H29NS/c1-4-13-30(14-5-1)32-23-25-35(26-24-32)43(36-20-12-19-34(27-36)31-15-6-2-7-16-31)40-29-42-39(37-21-10-11-22-41(37)44-42)28-38(40)33-17-8-3-9-18-33/h1-29H. The molecule has 0 bridgehead atoms. The van der Waals surface area contributed by atoms with Crippen molar-refractivity contribution >= 4 is 48.6 Å². The van der Waals surface area contributed by atoms with Crippen molar-refractivity contribution in [3.8, 4) is 33.4 Å². The summed E-state index contributed by atoms with van der Waals surface area (Å²) in [4.78, 5) is 2.42. The molecule has 0 aliphatic carbocycles. The van der Waals surface area contributed by atoms with Crippen molar-refractivity contribution in [2.75, 3.05) is 4.90 Å². The highest BCUT2D eigenvalue weighted by atomic mass is 32.1. The Bertz CT molecular complexity index is 2200. The van der Waals surface area contributed by atoms with Gasteiger partial charge in [-0.15, -0.1) is 11.3 Å². The Morgan fingerprint density at radius 1 is 0.341 bits per heavy atom. The molecule has 8 rings (SSSR count). The van der Waals surface area contributed by atoms with Crippen molar-refractivity contribution in [1.29, 1.82) is 0 Å². The van der Waals surface area contributed by atoms with Crippen LogP contribution in [0.25, 0.3) is 53.6 Å². The Morgan fingerprint density at radius 2 is 0.909 bits per heavy atom. The largest absolute Gasteiger partial charge is 0.310 e. The van der Waals surface area contributed by atoms with E-state index in [-0.39, 0.29) is 0 Å². The number of fused-ring (bicyclic) bond motifs is 3. The Balaban J connectivity index is 1.38. The number of anilines is 3. The van der Waals surface area contributed by atoms with E-state index >= 15 is 0 Å². The molecule has 0 N–H and O–H groups in total. The first-order chi connectivity index (χ1) is 21.8. The molecule has 0 spiro atoms. The molecule has 7 aromatic carbocycles. The highest BCUT2D eigenvalue weighted by Gasteiger charge is 2.20. The Labute approximate surface area is 261 Å². The molecule has 0 saturated heterocycles. The number of rotatable bonds is 6. The molecular formula is C42H29NS. The summed E-state index contributed by atoms with van der Waals surface area (Å²) < 4.78 is 2.59. The van der Waals surface area contributed by atoms with Crippen molar-refractivity contribution in [2.24, 2.45) is 0 Å². The third kappa shape index (κ3) is 4.86. The maximum absolute atomic E-state index is 2.42. The smallest absolute Gasteiger partial charge is 0.0554 e. The molecule has 0 radical (unpaired) electrons. The van der Waals surface area contributed by atoms with Crippen molar-refractivity contribution in [3.63, 3.8) is 0 Å². The molecule has 2 heteroatoms. The van der Waals surface area contributed by atoms with E-state index in [0.717, 1.165) is 17.1 Å². The Morgan fingerprint density at radius 3 is 1.61 bits per heavy atom. The second-order valence-electron chi connectivity index (χ2n) is 11.0. The van der Waals surface area contributed by atoms with Gasteiger partial charge in [-0.25, -0.2) is 0 Å². The summed E-state index contributed by atoms with van der Waals surface area (Å²) in [6, 6.07) is 63.4. The van der Waals surface area contributed by atoms with E-state index in [1.165, 1.54) is 53.6 Å². The minimum Gasteiger partial charge on any atom is -0.310 e. The number of hydrogen-bond acceptors (Lipinski definition) is 2. The first-order valence-electron chi connectivity index (χ1n) is 14.9. The van der Waals surface area contributed by atoms with Gasteiger partial charge in [0.1, 0.15) is 0 Å². The van der Waals surface area contributed by atoms with E-state index in [1.54, 1.807) is 0 Å². The molecule has 0 aliphatic rings. The zero-order valence-corrected chi connectivity index (χ0v) is 24.9. The van der Waals surface area contributed by atoms with E-state index in [1.807, 2.05) is 11.3 Å². The molecule has 0 atom stereocenters. The molecule has 0 fully saturated rings. The number of benzene rings is 7. The third-order valence-corrected chi connectivity index (χ3v) is 9.40. The van der Waals surface area contributed by atoms with Gasteiger partial charge < -0.3 is 4.90 Å². The van der Waals surface area contributed by atoms with Gasteiger partial charge in [0.25, 0.3) is 0 Å². The van der Waals surface area contributed by atoms with Gasteiger partial charge in [-0.3, -0.25) is 0 Å². The van der Waals surface area contributed by atoms with Crippen LogP contribution in [0, 0.1) is 0 Å². The average molecular weight is 580 g/mol. The lowest BCUT2D eigenvalue weighted by Crippen LogP contribution is -2.11. The zero-order chi connectivity index (χ0) is 29.3. The van der Waals surface area contributed by atoms with Crippen LogP contribution >= 0.6 is 11.3 Å². The minimum absolute atomic E-state index is 1.12. The topological polar surface area (TPSA) is 3.24 Å². The summed E-state index contributed by atoms with van der Waals surface area (Å²) in [5, 5.41) is 2.60. The quantitative estimate of drug-likeness (QED) is 0.189. The fraction of sp³-hybridized carbons (Fsp3) is 0. The van der Waals surface area contributed by atoms with Crippen LogP contribution in [0.5, 0.6) is 0 Å². The Hall–Kier alpha value is -5.44. The first-order valence-corrected chi connectivity index (χ1v) is 15.8. The van der Waals surface area contributed by atoms with Gasteiger partial charge >= 0.3 is 0 Å². The van der Waals surface area contributed by atoms with Crippen molar-refractivity contribution in [3.05, 3.63) is 176 Å². The summed E-state index contributed by atoms with van der Waals surface area (Å²) in [5.41, 5.74) is 10.6. The lowest BCUT2D eigenvalue weighted by molar-refractivity contribution is 1.29. The fourth-order valence-corrected chi connectivity index (χ4v) is 7.23. The molecule has 0 saturated carbocycles. The van der Waals surface area contributed by atoms with Crippen molar-refractivity contribution in [1.82, 2.24) is 0 Å². The summed E-state index contributed by atoms with van der Waals surface area (Å²) in [6.07, 6.45) is 0.